The highest BCUT2D eigenvalue weighted by Crippen LogP contribution is 2.47. The fraction of sp³-hybridized carbons (Fsp3) is 0.511. The third-order valence-corrected chi connectivity index (χ3v) is 12.6. The predicted molar refractivity (Wildman–Crippen MR) is 237 cm³/mol. The van der Waals surface area contributed by atoms with Gasteiger partial charge in [-0.05, 0) is 110 Å². The number of likely N-dealkylation sites (tertiary alicyclic amines) is 2. The number of carbonyl (C=O) groups excluding carboxylic acids is 5. The molecule has 3 saturated heterocycles. The zero-order valence-electron chi connectivity index (χ0n) is 37.6. The van der Waals surface area contributed by atoms with E-state index in [4.69, 9.17) is 9.47 Å². The summed E-state index contributed by atoms with van der Waals surface area (Å²) in [4.78, 5) is 71.4. The Balaban J connectivity index is 1.17. The van der Waals surface area contributed by atoms with Crippen molar-refractivity contribution in [1.82, 2.24) is 20.4 Å². The van der Waals surface area contributed by atoms with E-state index in [1.807, 2.05) is 38.1 Å². The molecule has 3 aliphatic heterocycles. The maximum atomic E-state index is 13.7. The summed E-state index contributed by atoms with van der Waals surface area (Å²) in [6, 6.07) is 16.1. The van der Waals surface area contributed by atoms with Crippen molar-refractivity contribution in [2.45, 2.75) is 115 Å². The molecule has 3 aliphatic rings. The lowest BCUT2D eigenvalue weighted by Gasteiger charge is -2.34. The number of halogens is 3. The average molecular weight is 908 g/mol. The van der Waals surface area contributed by atoms with Gasteiger partial charge in [0.15, 0.2) is 0 Å². The highest BCUT2D eigenvalue weighted by molar-refractivity contribution is 5.99. The van der Waals surface area contributed by atoms with Gasteiger partial charge in [0, 0.05) is 37.3 Å². The summed E-state index contributed by atoms with van der Waals surface area (Å²) in [6.07, 6.45) is -3.09. The van der Waals surface area contributed by atoms with Gasteiger partial charge >= 0.3 is 12.3 Å². The van der Waals surface area contributed by atoms with Crippen molar-refractivity contribution in [2.75, 3.05) is 42.8 Å². The molecule has 7 atom stereocenters. The summed E-state index contributed by atoms with van der Waals surface area (Å²) in [6.45, 7) is 8.03. The first-order valence-corrected chi connectivity index (χ1v) is 22.1. The van der Waals surface area contributed by atoms with E-state index in [-0.39, 0.29) is 47.5 Å². The Morgan fingerprint density at radius 3 is 1.51 bits per heavy atom. The molecule has 0 aromatic heterocycles. The lowest BCUT2D eigenvalue weighted by molar-refractivity contribution is -0.146. The molecule has 15 nitrogen and oxygen atoms in total. The molecule has 0 spiro atoms. The Morgan fingerprint density at radius 1 is 0.662 bits per heavy atom. The summed E-state index contributed by atoms with van der Waals surface area (Å²) >= 11 is 0. The number of anilines is 3. The molecule has 0 aliphatic carbocycles. The van der Waals surface area contributed by atoms with E-state index in [9.17, 15) is 42.3 Å². The Hall–Kier alpha value is -5.72. The minimum absolute atomic E-state index is 0.190. The molecular formula is C47H60F3N7O8. The van der Waals surface area contributed by atoms with Gasteiger partial charge in [-0.25, -0.2) is 4.79 Å². The normalized spacial score (nSPS) is 21.3. The van der Waals surface area contributed by atoms with Crippen LogP contribution in [0, 0.1) is 11.8 Å². The van der Waals surface area contributed by atoms with Crippen molar-refractivity contribution < 1.29 is 51.7 Å². The largest absolute Gasteiger partial charge is 0.453 e. The van der Waals surface area contributed by atoms with Crippen LogP contribution in [-0.2, 0) is 34.8 Å². The van der Waals surface area contributed by atoms with E-state index in [1.165, 1.54) is 36.2 Å². The van der Waals surface area contributed by atoms with Gasteiger partial charge in [0.1, 0.15) is 18.1 Å². The number of benzene rings is 3. The number of aliphatic hydroxyl groups excluding tert-OH is 1. The molecule has 0 radical (unpaired) electrons. The van der Waals surface area contributed by atoms with E-state index in [0.29, 0.717) is 68.7 Å². The van der Waals surface area contributed by atoms with Gasteiger partial charge in [0.25, 0.3) is 0 Å². The molecular weight excluding hydrogens is 848 g/mol. The van der Waals surface area contributed by atoms with Crippen LogP contribution in [-0.4, -0.2) is 103 Å². The molecule has 18 heteroatoms. The number of amides is 5. The first-order valence-electron chi connectivity index (χ1n) is 22.1. The van der Waals surface area contributed by atoms with E-state index in [1.54, 1.807) is 38.1 Å². The zero-order chi connectivity index (χ0) is 47.2. The van der Waals surface area contributed by atoms with E-state index >= 15 is 0 Å². The minimum Gasteiger partial charge on any atom is -0.453 e. The number of aliphatic hydroxyl groups is 1. The highest BCUT2D eigenvalue weighted by atomic mass is 19.4. The number of methoxy groups -OCH3 is 2. The van der Waals surface area contributed by atoms with Crippen molar-refractivity contribution in [2.24, 2.45) is 11.8 Å². The zero-order valence-corrected chi connectivity index (χ0v) is 37.6. The monoisotopic (exact) mass is 907 g/mol. The van der Waals surface area contributed by atoms with Gasteiger partial charge in [-0.15, -0.1) is 0 Å². The number of alkyl carbamates (subject to hydrolysis) is 1. The lowest BCUT2D eigenvalue weighted by Crippen LogP contribution is -2.55. The van der Waals surface area contributed by atoms with Crippen LogP contribution in [0.5, 0.6) is 0 Å². The molecule has 1 unspecified atom stereocenters. The van der Waals surface area contributed by atoms with Gasteiger partial charge in [0.05, 0.1) is 30.8 Å². The number of hydrogen-bond acceptors (Lipinski definition) is 10. The SMILES string of the molecule is COC(=O)N[C@H](C(=O)N1CCC[C@H]1C(=O)Nc1ccc([C@H]2CC[C@H](c3ccc(NC(=O)[C@@H]4CCCN4C(=O)[C@@H](NC(O)OC)C(C)C)cc3)N2c2ccc(C(F)(F)F)cc2)cc1)C(C)C. The topological polar surface area (TPSA) is 182 Å². The van der Waals surface area contributed by atoms with E-state index in [0.717, 1.165) is 23.3 Å². The molecule has 3 heterocycles. The fourth-order valence-corrected chi connectivity index (χ4v) is 9.11. The summed E-state index contributed by atoms with van der Waals surface area (Å²) in [5.74, 6) is -1.81. The van der Waals surface area contributed by atoms with Gasteiger partial charge in [-0.2, -0.15) is 13.2 Å². The summed E-state index contributed by atoms with van der Waals surface area (Å²) in [5.41, 5.74) is 2.61. The maximum Gasteiger partial charge on any atom is 0.416 e. The van der Waals surface area contributed by atoms with Crippen LogP contribution >= 0.6 is 0 Å². The molecule has 6 rings (SSSR count). The minimum atomic E-state index is -4.51. The average Bonchev–Trinajstić information content (AvgIpc) is 4.08. The lowest BCUT2D eigenvalue weighted by atomic mass is 10.0. The molecule has 5 amide bonds. The first kappa shape index (κ1) is 48.7. The smallest absolute Gasteiger partial charge is 0.416 e. The van der Waals surface area contributed by atoms with Crippen LogP contribution in [0.3, 0.4) is 0 Å². The quantitative estimate of drug-likeness (QED) is 0.105. The summed E-state index contributed by atoms with van der Waals surface area (Å²) in [7, 11) is 2.53. The number of carbonyl (C=O) groups is 5. The molecule has 3 fully saturated rings. The molecule has 5 N–H and O–H groups in total. The highest BCUT2D eigenvalue weighted by Gasteiger charge is 2.41. The van der Waals surface area contributed by atoms with Gasteiger partial charge in [-0.3, -0.25) is 24.5 Å². The number of nitrogens with zero attached hydrogens (tertiary/aromatic N) is 3. The van der Waals surface area contributed by atoms with Crippen LogP contribution in [0.2, 0.25) is 0 Å². The molecule has 3 aromatic rings. The van der Waals surface area contributed by atoms with Crippen LogP contribution < -0.4 is 26.2 Å². The van der Waals surface area contributed by atoms with Crippen LogP contribution in [0.25, 0.3) is 0 Å². The second-order valence-electron chi connectivity index (χ2n) is 17.5. The number of rotatable bonds is 15. The standard InChI is InChI=1S/C47H60F3N7O8/c1-27(2)39(53-45(62)64-5)43(60)55-25-7-9-37(55)41(58)51-32-17-11-29(12-18-32)35-23-24-36(57(35)34-21-15-31(16-22-34)47(48,49)50)30-13-19-33(20-14-30)52-42(59)38-10-8-26-56(38)44(61)40(28(3)4)54-46(63)65-6/h11-22,27-28,35-40,45,53,62H,7-10,23-26H2,1-6H3,(H,51,58)(H,52,59)(H,54,63)/t35-,36-,37+,38+,39+,40+,45?/m1/s1. The van der Waals surface area contributed by atoms with Gasteiger partial charge in [0.2, 0.25) is 30.0 Å². The molecule has 0 bridgehead atoms. The third-order valence-electron chi connectivity index (χ3n) is 12.6. The second kappa shape index (κ2) is 21.1. The summed E-state index contributed by atoms with van der Waals surface area (Å²) < 4.78 is 50.6. The number of alkyl halides is 3. The molecule has 0 saturated carbocycles. The predicted octanol–water partition coefficient (Wildman–Crippen LogP) is 6.56. The molecule has 65 heavy (non-hydrogen) atoms. The number of nitrogens with one attached hydrogen (secondary N) is 4. The molecule has 3 aromatic carbocycles. The number of hydrogen-bond donors (Lipinski definition) is 5. The van der Waals surface area contributed by atoms with Crippen molar-refractivity contribution >= 4 is 46.8 Å². The van der Waals surface area contributed by atoms with Crippen LogP contribution in [0.1, 0.15) is 95.0 Å². The summed E-state index contributed by atoms with van der Waals surface area (Å²) in [5, 5.41) is 21.3. The second-order valence-corrected chi connectivity index (χ2v) is 17.5. The van der Waals surface area contributed by atoms with E-state index < -0.39 is 48.4 Å². The number of ether oxygens (including phenoxy) is 2. The fourth-order valence-electron chi connectivity index (χ4n) is 9.11. The molecule has 352 valence electrons. The van der Waals surface area contributed by atoms with Crippen LogP contribution in [0.15, 0.2) is 72.8 Å². The third kappa shape index (κ3) is 11.4. The maximum absolute atomic E-state index is 13.7. The van der Waals surface area contributed by atoms with Crippen LogP contribution in [0.4, 0.5) is 35.0 Å². The van der Waals surface area contributed by atoms with Crippen molar-refractivity contribution in [3.63, 3.8) is 0 Å². The Kier molecular flexibility index (Phi) is 15.8. The van der Waals surface area contributed by atoms with Crippen molar-refractivity contribution in [3.05, 3.63) is 89.5 Å². The van der Waals surface area contributed by atoms with E-state index in [2.05, 4.69) is 26.2 Å². The van der Waals surface area contributed by atoms with Gasteiger partial charge in [-0.1, -0.05) is 52.0 Å². The Morgan fingerprint density at radius 2 is 1.11 bits per heavy atom. The van der Waals surface area contributed by atoms with Crippen molar-refractivity contribution in [3.8, 4) is 0 Å². The first-order chi connectivity index (χ1) is 30.9. The van der Waals surface area contributed by atoms with Gasteiger partial charge < -0.3 is 45.2 Å². The Labute approximate surface area is 377 Å². The Bertz CT molecular complexity index is 2140. The van der Waals surface area contributed by atoms with Crippen molar-refractivity contribution in [1.29, 1.82) is 0 Å².